The Labute approximate surface area is 108 Å². The summed E-state index contributed by atoms with van der Waals surface area (Å²) in [6.07, 6.45) is 3.58. The molecule has 1 heterocycles. The number of benzene rings is 1. The Morgan fingerprint density at radius 1 is 1.19 bits per heavy atom. The molecule has 0 aliphatic rings. The molecule has 16 heavy (non-hydrogen) atoms. The Bertz CT molecular complexity index is 459. The first-order chi connectivity index (χ1) is 7.83. The average Bonchev–Trinajstić information content (AvgIpc) is 2.34. The molecule has 82 valence electrons. The Morgan fingerprint density at radius 2 is 2.00 bits per heavy atom. The fourth-order valence-electron chi connectivity index (χ4n) is 1.62. The number of hydrogen-bond acceptors (Lipinski definition) is 3. The van der Waals surface area contributed by atoms with E-state index in [2.05, 4.69) is 45.1 Å². The predicted octanol–water partition coefficient (Wildman–Crippen LogP) is 2.24. The van der Waals surface area contributed by atoms with Crippen LogP contribution >= 0.6 is 22.6 Å². The minimum absolute atomic E-state index is 0.0122. The molecule has 2 aromatic rings. The number of nitrogens with one attached hydrogen (secondary N) is 1. The largest absolute Gasteiger partial charge is 0.271 e. The molecular weight excluding hydrogens is 313 g/mol. The molecule has 0 fully saturated rings. The number of halogens is 1. The standard InChI is InChI=1S/C12H12IN3/c13-11-6-2-1-5-10(11)12(16-14)9-4-3-7-15-8-9/h1-8,12,16H,14H2. The molecule has 0 saturated carbocycles. The molecule has 0 spiro atoms. The van der Waals surface area contributed by atoms with Gasteiger partial charge in [0, 0.05) is 16.0 Å². The highest BCUT2D eigenvalue weighted by atomic mass is 127. The van der Waals surface area contributed by atoms with Crippen LogP contribution in [-0.4, -0.2) is 4.98 Å². The fourth-order valence-corrected chi connectivity index (χ4v) is 2.32. The van der Waals surface area contributed by atoms with Crippen molar-refractivity contribution >= 4 is 22.6 Å². The van der Waals surface area contributed by atoms with Gasteiger partial charge in [-0.3, -0.25) is 10.8 Å². The summed E-state index contributed by atoms with van der Waals surface area (Å²) in [7, 11) is 0. The summed E-state index contributed by atoms with van der Waals surface area (Å²) in [5.41, 5.74) is 5.06. The molecule has 3 nitrogen and oxygen atoms in total. The summed E-state index contributed by atoms with van der Waals surface area (Å²) >= 11 is 2.31. The van der Waals surface area contributed by atoms with E-state index in [4.69, 9.17) is 5.84 Å². The van der Waals surface area contributed by atoms with E-state index >= 15 is 0 Å². The SMILES string of the molecule is NNC(c1cccnc1)c1ccccc1I. The maximum atomic E-state index is 5.62. The van der Waals surface area contributed by atoms with E-state index in [1.807, 2.05) is 30.5 Å². The van der Waals surface area contributed by atoms with Gasteiger partial charge in [-0.2, -0.15) is 0 Å². The summed E-state index contributed by atoms with van der Waals surface area (Å²) < 4.78 is 1.19. The second-order valence-electron chi connectivity index (χ2n) is 3.41. The van der Waals surface area contributed by atoms with Crippen molar-refractivity contribution in [2.75, 3.05) is 0 Å². The summed E-state index contributed by atoms with van der Waals surface area (Å²) in [6.45, 7) is 0. The zero-order chi connectivity index (χ0) is 11.4. The second kappa shape index (κ2) is 5.38. The molecule has 1 unspecified atom stereocenters. The van der Waals surface area contributed by atoms with Gasteiger partial charge in [0.25, 0.3) is 0 Å². The molecule has 0 aliphatic carbocycles. The number of aromatic nitrogens is 1. The van der Waals surface area contributed by atoms with Crippen LogP contribution in [-0.2, 0) is 0 Å². The minimum Gasteiger partial charge on any atom is -0.271 e. The van der Waals surface area contributed by atoms with Gasteiger partial charge < -0.3 is 0 Å². The third-order valence-corrected chi connectivity index (χ3v) is 3.38. The minimum atomic E-state index is -0.0122. The van der Waals surface area contributed by atoms with Crippen molar-refractivity contribution in [3.63, 3.8) is 0 Å². The molecule has 0 radical (unpaired) electrons. The number of nitrogens with zero attached hydrogens (tertiary/aromatic N) is 1. The van der Waals surface area contributed by atoms with Crippen molar-refractivity contribution in [3.05, 3.63) is 63.5 Å². The van der Waals surface area contributed by atoms with E-state index in [-0.39, 0.29) is 6.04 Å². The summed E-state index contributed by atoms with van der Waals surface area (Å²) in [6, 6.07) is 12.1. The van der Waals surface area contributed by atoms with E-state index in [0.717, 1.165) is 5.56 Å². The quantitative estimate of drug-likeness (QED) is 0.517. The van der Waals surface area contributed by atoms with Crippen LogP contribution in [0.1, 0.15) is 17.2 Å². The third kappa shape index (κ3) is 2.40. The highest BCUT2D eigenvalue weighted by Crippen LogP contribution is 2.24. The van der Waals surface area contributed by atoms with Crippen molar-refractivity contribution in [2.24, 2.45) is 5.84 Å². The molecule has 1 atom stereocenters. The first kappa shape index (κ1) is 11.5. The lowest BCUT2D eigenvalue weighted by molar-refractivity contribution is 0.632. The molecule has 0 saturated heterocycles. The van der Waals surface area contributed by atoms with Crippen LogP contribution in [0, 0.1) is 3.57 Å². The third-order valence-electron chi connectivity index (χ3n) is 2.40. The molecule has 3 N–H and O–H groups in total. The van der Waals surface area contributed by atoms with Gasteiger partial charge in [-0.05, 0) is 45.9 Å². The lowest BCUT2D eigenvalue weighted by Gasteiger charge is -2.17. The highest BCUT2D eigenvalue weighted by Gasteiger charge is 2.14. The zero-order valence-electron chi connectivity index (χ0n) is 8.60. The van der Waals surface area contributed by atoms with Gasteiger partial charge in [0.05, 0.1) is 6.04 Å². The van der Waals surface area contributed by atoms with E-state index < -0.39 is 0 Å². The Kier molecular flexibility index (Phi) is 3.87. The number of hydrogen-bond donors (Lipinski definition) is 2. The molecular formula is C12H12IN3. The number of nitrogens with two attached hydrogens (primary N) is 1. The summed E-state index contributed by atoms with van der Waals surface area (Å²) in [4.78, 5) is 4.11. The van der Waals surface area contributed by atoms with Gasteiger partial charge in [-0.1, -0.05) is 24.3 Å². The topological polar surface area (TPSA) is 50.9 Å². The monoisotopic (exact) mass is 325 g/mol. The van der Waals surface area contributed by atoms with Crippen LogP contribution < -0.4 is 11.3 Å². The van der Waals surface area contributed by atoms with Crippen molar-refractivity contribution in [1.29, 1.82) is 0 Å². The first-order valence-electron chi connectivity index (χ1n) is 4.93. The lowest BCUT2D eigenvalue weighted by Crippen LogP contribution is -2.29. The van der Waals surface area contributed by atoms with Crippen LogP contribution in [0.3, 0.4) is 0 Å². The molecule has 0 aliphatic heterocycles. The van der Waals surface area contributed by atoms with Crippen LogP contribution in [0.25, 0.3) is 0 Å². The Morgan fingerprint density at radius 3 is 2.62 bits per heavy atom. The zero-order valence-corrected chi connectivity index (χ0v) is 10.8. The van der Waals surface area contributed by atoms with Gasteiger partial charge >= 0.3 is 0 Å². The maximum absolute atomic E-state index is 5.62. The van der Waals surface area contributed by atoms with Gasteiger partial charge in [0.2, 0.25) is 0 Å². The van der Waals surface area contributed by atoms with Crippen LogP contribution in [0.2, 0.25) is 0 Å². The number of hydrazine groups is 1. The normalized spacial score (nSPS) is 12.4. The van der Waals surface area contributed by atoms with Gasteiger partial charge in [0.15, 0.2) is 0 Å². The van der Waals surface area contributed by atoms with E-state index in [9.17, 15) is 0 Å². The molecule has 1 aromatic heterocycles. The maximum Gasteiger partial charge on any atom is 0.0735 e. The van der Waals surface area contributed by atoms with Crippen LogP contribution in [0.15, 0.2) is 48.8 Å². The van der Waals surface area contributed by atoms with Gasteiger partial charge in [0.1, 0.15) is 0 Å². The van der Waals surface area contributed by atoms with Crippen LogP contribution in [0.5, 0.6) is 0 Å². The van der Waals surface area contributed by atoms with Gasteiger partial charge in [-0.15, -0.1) is 0 Å². The Balaban J connectivity index is 2.41. The van der Waals surface area contributed by atoms with E-state index in [0.29, 0.717) is 0 Å². The highest BCUT2D eigenvalue weighted by molar-refractivity contribution is 14.1. The summed E-state index contributed by atoms with van der Waals surface area (Å²) in [5.74, 6) is 5.62. The average molecular weight is 325 g/mol. The Hall–Kier alpha value is -0.980. The molecule has 1 aromatic carbocycles. The van der Waals surface area contributed by atoms with E-state index in [1.165, 1.54) is 9.13 Å². The lowest BCUT2D eigenvalue weighted by atomic mass is 10.0. The summed E-state index contributed by atoms with van der Waals surface area (Å²) in [5, 5.41) is 0. The number of rotatable bonds is 3. The molecule has 4 heteroatoms. The fraction of sp³-hybridized carbons (Fsp3) is 0.0833. The number of pyridine rings is 1. The second-order valence-corrected chi connectivity index (χ2v) is 4.57. The van der Waals surface area contributed by atoms with Crippen molar-refractivity contribution in [3.8, 4) is 0 Å². The molecule has 2 rings (SSSR count). The molecule has 0 bridgehead atoms. The smallest absolute Gasteiger partial charge is 0.0735 e. The predicted molar refractivity (Wildman–Crippen MR) is 72.6 cm³/mol. The van der Waals surface area contributed by atoms with Gasteiger partial charge in [-0.25, -0.2) is 5.43 Å². The first-order valence-corrected chi connectivity index (χ1v) is 6.01. The van der Waals surface area contributed by atoms with E-state index in [1.54, 1.807) is 6.20 Å². The van der Waals surface area contributed by atoms with Crippen molar-refractivity contribution < 1.29 is 0 Å². The van der Waals surface area contributed by atoms with Crippen molar-refractivity contribution in [1.82, 2.24) is 10.4 Å². The van der Waals surface area contributed by atoms with Crippen LogP contribution in [0.4, 0.5) is 0 Å². The molecule has 0 amide bonds. The van der Waals surface area contributed by atoms with Crippen molar-refractivity contribution in [2.45, 2.75) is 6.04 Å².